The Bertz CT molecular complexity index is 403. The van der Waals surface area contributed by atoms with Gasteiger partial charge >= 0.3 is 5.97 Å². The second-order valence-corrected chi connectivity index (χ2v) is 4.20. The summed E-state index contributed by atoms with van der Waals surface area (Å²) in [4.78, 5) is 10.8. The van der Waals surface area contributed by atoms with Crippen LogP contribution < -0.4 is 4.74 Å². The number of hydrogen-bond acceptors (Lipinski definition) is 3. The smallest absolute Gasteiger partial charge is 0.310 e. The molecule has 1 aromatic rings. The van der Waals surface area contributed by atoms with E-state index in [1.165, 1.54) is 0 Å². The molecule has 0 aliphatic rings. The number of carboxylic acids is 1. The van der Waals surface area contributed by atoms with Crippen LogP contribution in [0.2, 0.25) is 0 Å². The van der Waals surface area contributed by atoms with Gasteiger partial charge in [0.25, 0.3) is 0 Å². The van der Waals surface area contributed by atoms with Crippen LogP contribution in [0.3, 0.4) is 0 Å². The zero-order valence-corrected chi connectivity index (χ0v) is 10.6. The topological polar surface area (TPSA) is 66.8 Å². The van der Waals surface area contributed by atoms with E-state index in [0.717, 1.165) is 0 Å². The molecule has 0 fully saturated rings. The molecule has 5 heteroatoms. The number of carboxylic acid groups (broad SMARTS) is 1. The predicted octanol–water partition coefficient (Wildman–Crippen LogP) is 2.74. The summed E-state index contributed by atoms with van der Waals surface area (Å²) in [5, 5.41) is 18.6. The fraction of sp³-hybridized carbons (Fsp3) is 0.364. The Hall–Kier alpha value is -1.23. The van der Waals surface area contributed by atoms with E-state index in [1.807, 2.05) is 0 Å². The maximum Gasteiger partial charge on any atom is 0.310 e. The molecule has 1 atom stereocenters. The Balaban J connectivity index is 3.17. The minimum atomic E-state index is -0.917. The van der Waals surface area contributed by atoms with E-state index in [4.69, 9.17) is 9.84 Å². The van der Waals surface area contributed by atoms with Crippen molar-refractivity contribution < 1.29 is 19.7 Å². The minimum absolute atomic E-state index is 0.0109. The van der Waals surface area contributed by atoms with Crippen LogP contribution in [0.5, 0.6) is 11.5 Å². The summed E-state index contributed by atoms with van der Waals surface area (Å²) in [5.74, 6) is -1.28. The van der Waals surface area contributed by atoms with Crippen molar-refractivity contribution in [3.63, 3.8) is 0 Å². The van der Waals surface area contributed by atoms with Crippen LogP contribution in [0.25, 0.3) is 0 Å². The summed E-state index contributed by atoms with van der Waals surface area (Å²) >= 11 is 3.16. The van der Waals surface area contributed by atoms with Gasteiger partial charge in [0.1, 0.15) is 0 Å². The molecule has 88 valence electrons. The molecule has 0 saturated heterocycles. The van der Waals surface area contributed by atoms with Gasteiger partial charge in [-0.15, -0.1) is 0 Å². The highest BCUT2D eigenvalue weighted by molar-refractivity contribution is 9.10. The number of benzene rings is 1. The predicted molar refractivity (Wildman–Crippen MR) is 63.0 cm³/mol. The van der Waals surface area contributed by atoms with Gasteiger partial charge < -0.3 is 14.9 Å². The highest BCUT2D eigenvalue weighted by atomic mass is 79.9. The molecule has 1 unspecified atom stereocenters. The molecule has 0 saturated carbocycles. The molecule has 0 bridgehead atoms. The molecule has 4 nitrogen and oxygen atoms in total. The molecule has 0 aliphatic carbocycles. The van der Waals surface area contributed by atoms with Crippen LogP contribution in [-0.4, -0.2) is 22.8 Å². The third kappa shape index (κ3) is 2.66. The zero-order chi connectivity index (χ0) is 12.3. The molecule has 0 heterocycles. The molecule has 0 aliphatic heterocycles. The number of ether oxygens (including phenoxy) is 1. The van der Waals surface area contributed by atoms with Gasteiger partial charge in [-0.3, -0.25) is 4.79 Å². The van der Waals surface area contributed by atoms with E-state index in [-0.39, 0.29) is 5.75 Å². The molecule has 16 heavy (non-hydrogen) atoms. The summed E-state index contributed by atoms with van der Waals surface area (Å²) in [6.45, 7) is 3.78. The zero-order valence-electron chi connectivity index (χ0n) is 9.03. The standard InChI is InChI=1S/C11H13BrO4/c1-3-16-9-5-7(6(2)11(14)15)4-8(12)10(9)13/h4-6,13H,3H2,1-2H3,(H,14,15). The Morgan fingerprint density at radius 1 is 1.56 bits per heavy atom. The maximum atomic E-state index is 10.8. The lowest BCUT2D eigenvalue weighted by Gasteiger charge is -2.12. The average Bonchev–Trinajstić information content (AvgIpc) is 2.23. The highest BCUT2D eigenvalue weighted by Crippen LogP contribution is 2.37. The van der Waals surface area contributed by atoms with E-state index in [9.17, 15) is 9.90 Å². The molecule has 1 rings (SSSR count). The van der Waals surface area contributed by atoms with Crippen molar-refractivity contribution in [2.24, 2.45) is 0 Å². The van der Waals surface area contributed by atoms with E-state index >= 15 is 0 Å². The summed E-state index contributed by atoms with van der Waals surface area (Å²) in [6, 6.07) is 3.12. The number of halogens is 1. The molecule has 0 radical (unpaired) electrons. The Kier molecular flexibility index (Phi) is 4.18. The second kappa shape index (κ2) is 5.21. The molecular formula is C11H13BrO4. The number of phenolic OH excluding ortho intramolecular Hbond substituents is 1. The Morgan fingerprint density at radius 2 is 2.19 bits per heavy atom. The number of carbonyl (C=O) groups is 1. The largest absolute Gasteiger partial charge is 0.503 e. The van der Waals surface area contributed by atoms with Crippen molar-refractivity contribution >= 4 is 21.9 Å². The maximum absolute atomic E-state index is 10.8. The first-order valence-electron chi connectivity index (χ1n) is 4.85. The normalized spacial score (nSPS) is 12.2. The Labute approximate surface area is 102 Å². The molecule has 2 N–H and O–H groups in total. The van der Waals surface area contributed by atoms with Gasteiger partial charge in [0.05, 0.1) is 17.0 Å². The van der Waals surface area contributed by atoms with Crippen LogP contribution in [0.4, 0.5) is 0 Å². The third-order valence-corrected chi connectivity index (χ3v) is 2.83. The summed E-state index contributed by atoms with van der Waals surface area (Å²) in [7, 11) is 0. The van der Waals surface area contributed by atoms with Crippen LogP contribution in [-0.2, 0) is 4.79 Å². The molecular weight excluding hydrogens is 276 g/mol. The molecule has 0 aromatic heterocycles. The van der Waals surface area contributed by atoms with Gasteiger partial charge in [0.15, 0.2) is 11.5 Å². The van der Waals surface area contributed by atoms with E-state index in [1.54, 1.807) is 26.0 Å². The fourth-order valence-electron chi connectivity index (χ4n) is 1.25. The summed E-state index contributed by atoms with van der Waals surface area (Å²) in [6.07, 6.45) is 0. The Morgan fingerprint density at radius 3 is 2.69 bits per heavy atom. The molecule has 0 spiro atoms. The quantitative estimate of drug-likeness (QED) is 0.894. The third-order valence-electron chi connectivity index (χ3n) is 2.22. The number of rotatable bonds is 4. The van der Waals surface area contributed by atoms with Crippen molar-refractivity contribution in [3.8, 4) is 11.5 Å². The van der Waals surface area contributed by atoms with Crippen molar-refractivity contribution in [3.05, 3.63) is 22.2 Å². The van der Waals surface area contributed by atoms with Gasteiger partial charge in [0.2, 0.25) is 0 Å². The van der Waals surface area contributed by atoms with Gasteiger partial charge in [0, 0.05) is 0 Å². The van der Waals surface area contributed by atoms with Crippen molar-refractivity contribution in [2.45, 2.75) is 19.8 Å². The van der Waals surface area contributed by atoms with Crippen molar-refractivity contribution in [1.29, 1.82) is 0 Å². The van der Waals surface area contributed by atoms with Gasteiger partial charge in [-0.2, -0.15) is 0 Å². The minimum Gasteiger partial charge on any atom is -0.503 e. The second-order valence-electron chi connectivity index (χ2n) is 3.34. The van der Waals surface area contributed by atoms with Crippen LogP contribution in [0, 0.1) is 0 Å². The average molecular weight is 289 g/mol. The lowest BCUT2D eigenvalue weighted by atomic mass is 10.0. The van der Waals surface area contributed by atoms with E-state index in [0.29, 0.717) is 22.4 Å². The first-order chi connectivity index (χ1) is 7.47. The van der Waals surface area contributed by atoms with Crippen LogP contribution >= 0.6 is 15.9 Å². The van der Waals surface area contributed by atoms with Crippen LogP contribution in [0.15, 0.2) is 16.6 Å². The number of aromatic hydroxyl groups is 1. The van der Waals surface area contributed by atoms with Gasteiger partial charge in [-0.1, -0.05) is 0 Å². The number of aliphatic carboxylic acids is 1. The molecule has 0 amide bonds. The number of hydrogen-bond donors (Lipinski definition) is 2. The van der Waals surface area contributed by atoms with E-state index < -0.39 is 11.9 Å². The van der Waals surface area contributed by atoms with Crippen LogP contribution in [0.1, 0.15) is 25.3 Å². The van der Waals surface area contributed by atoms with Gasteiger partial charge in [-0.05, 0) is 47.5 Å². The number of phenols is 1. The summed E-state index contributed by atoms with van der Waals surface area (Å²) in [5.41, 5.74) is 0.584. The van der Waals surface area contributed by atoms with Gasteiger partial charge in [-0.25, -0.2) is 0 Å². The van der Waals surface area contributed by atoms with E-state index in [2.05, 4.69) is 15.9 Å². The lowest BCUT2D eigenvalue weighted by Crippen LogP contribution is -2.07. The van der Waals surface area contributed by atoms with Crippen molar-refractivity contribution in [2.75, 3.05) is 6.61 Å². The lowest BCUT2D eigenvalue weighted by molar-refractivity contribution is -0.138. The SMILES string of the molecule is CCOc1cc(C(C)C(=O)O)cc(Br)c1O. The summed E-state index contributed by atoms with van der Waals surface area (Å²) < 4.78 is 5.65. The first-order valence-corrected chi connectivity index (χ1v) is 5.64. The van der Waals surface area contributed by atoms with Crippen molar-refractivity contribution in [1.82, 2.24) is 0 Å². The highest BCUT2D eigenvalue weighted by Gasteiger charge is 2.18. The first kappa shape index (κ1) is 12.8. The monoisotopic (exact) mass is 288 g/mol. The molecule has 1 aromatic carbocycles. The fourth-order valence-corrected chi connectivity index (χ4v) is 1.71.